The molecule has 14 heavy (non-hydrogen) atoms. The van der Waals surface area contributed by atoms with Crippen LogP contribution < -0.4 is 0 Å². The molecule has 1 aliphatic carbocycles. The van der Waals surface area contributed by atoms with Crippen molar-refractivity contribution in [2.75, 3.05) is 0 Å². The maximum atomic E-state index is 4.60. The van der Waals surface area contributed by atoms with Crippen molar-refractivity contribution in [3.05, 3.63) is 23.7 Å². The number of aromatic nitrogens is 3. The fourth-order valence-electron chi connectivity index (χ4n) is 1.78. The second-order valence-corrected chi connectivity index (χ2v) is 4.06. The van der Waals surface area contributed by atoms with E-state index < -0.39 is 0 Å². The molecule has 0 aliphatic heterocycles. The molecule has 0 amide bonds. The maximum Gasteiger partial charge on any atom is 0.159 e. The maximum absolute atomic E-state index is 4.60. The van der Waals surface area contributed by atoms with Crippen molar-refractivity contribution in [1.29, 1.82) is 0 Å². The highest BCUT2D eigenvalue weighted by atomic mass is 15.1. The Balaban J connectivity index is 2.29. The van der Waals surface area contributed by atoms with Gasteiger partial charge in [-0.2, -0.15) is 0 Å². The van der Waals surface area contributed by atoms with Gasteiger partial charge in [0.15, 0.2) is 5.65 Å². The van der Waals surface area contributed by atoms with Gasteiger partial charge in [-0.05, 0) is 32.8 Å². The monoisotopic (exact) mass is 187 g/mol. The molecule has 1 saturated carbocycles. The summed E-state index contributed by atoms with van der Waals surface area (Å²) in [7, 11) is 0. The third-order valence-corrected chi connectivity index (χ3v) is 2.89. The van der Waals surface area contributed by atoms with Crippen molar-refractivity contribution in [3.63, 3.8) is 0 Å². The summed E-state index contributed by atoms with van der Waals surface area (Å²) in [6.07, 6.45) is 4.69. The van der Waals surface area contributed by atoms with E-state index in [1.165, 1.54) is 12.8 Å². The van der Waals surface area contributed by atoms with Gasteiger partial charge in [-0.3, -0.25) is 0 Å². The molecular weight excluding hydrogens is 174 g/mol. The lowest BCUT2D eigenvalue weighted by Crippen LogP contribution is -1.97. The second-order valence-electron chi connectivity index (χ2n) is 4.06. The topological polar surface area (TPSA) is 30.7 Å². The summed E-state index contributed by atoms with van der Waals surface area (Å²) < 4.78 is 2.26. The van der Waals surface area contributed by atoms with Gasteiger partial charge in [0.1, 0.15) is 5.52 Å². The van der Waals surface area contributed by atoms with Crippen molar-refractivity contribution in [2.24, 2.45) is 0 Å². The molecule has 1 fully saturated rings. The first kappa shape index (κ1) is 7.97. The molecule has 0 spiro atoms. The van der Waals surface area contributed by atoms with Crippen LogP contribution in [0.1, 0.15) is 30.3 Å². The van der Waals surface area contributed by atoms with Gasteiger partial charge in [-0.1, -0.05) is 0 Å². The predicted octanol–water partition coefficient (Wildman–Crippen LogP) is 2.38. The minimum absolute atomic E-state index is 0.684. The van der Waals surface area contributed by atoms with Crippen LogP contribution >= 0.6 is 0 Å². The number of hydrogen-bond donors (Lipinski definition) is 0. The lowest BCUT2D eigenvalue weighted by molar-refractivity contribution is 0.763. The van der Waals surface area contributed by atoms with Gasteiger partial charge in [0.2, 0.25) is 0 Å². The number of fused-ring (bicyclic) bond motifs is 1. The Labute approximate surface area is 82.8 Å². The summed E-state index contributed by atoms with van der Waals surface area (Å²) in [6, 6.07) is 2.75. The Morgan fingerprint density at radius 1 is 1.21 bits per heavy atom. The molecule has 72 valence electrons. The summed E-state index contributed by atoms with van der Waals surface area (Å²) in [5, 5.41) is 0. The summed E-state index contributed by atoms with van der Waals surface area (Å²) in [6.45, 7) is 4.03. The Bertz CT molecular complexity index is 494. The predicted molar refractivity (Wildman–Crippen MR) is 55.3 cm³/mol. The first-order valence-corrected chi connectivity index (χ1v) is 5.07. The van der Waals surface area contributed by atoms with Crippen LogP contribution in [0, 0.1) is 13.8 Å². The van der Waals surface area contributed by atoms with Crippen molar-refractivity contribution in [3.8, 4) is 0 Å². The van der Waals surface area contributed by atoms with E-state index in [0.29, 0.717) is 6.04 Å². The van der Waals surface area contributed by atoms with E-state index in [4.69, 9.17) is 0 Å². The van der Waals surface area contributed by atoms with Crippen LogP contribution in [0.2, 0.25) is 0 Å². The third kappa shape index (κ3) is 1.05. The Kier molecular flexibility index (Phi) is 1.46. The molecule has 0 atom stereocenters. The van der Waals surface area contributed by atoms with E-state index in [1.54, 1.807) is 0 Å². The Morgan fingerprint density at radius 3 is 2.64 bits per heavy atom. The molecule has 2 aromatic rings. The Morgan fingerprint density at radius 2 is 1.93 bits per heavy atom. The lowest BCUT2D eigenvalue weighted by Gasteiger charge is -2.03. The fraction of sp³-hybridized carbons (Fsp3) is 0.455. The molecule has 0 radical (unpaired) electrons. The number of hydrogen-bond acceptors (Lipinski definition) is 2. The largest absolute Gasteiger partial charge is 0.328 e. The number of rotatable bonds is 1. The van der Waals surface area contributed by atoms with Gasteiger partial charge in [0.25, 0.3) is 0 Å². The van der Waals surface area contributed by atoms with Crippen LogP contribution in [0.15, 0.2) is 12.3 Å². The average molecular weight is 187 g/mol. The molecule has 3 nitrogen and oxygen atoms in total. The average Bonchev–Trinajstić information content (AvgIpc) is 2.91. The van der Waals surface area contributed by atoms with Gasteiger partial charge in [0, 0.05) is 12.2 Å². The quantitative estimate of drug-likeness (QED) is 0.686. The zero-order chi connectivity index (χ0) is 9.71. The first-order chi connectivity index (χ1) is 6.75. The molecular formula is C11H13N3. The molecule has 3 rings (SSSR count). The molecule has 0 aromatic carbocycles. The molecule has 3 heteroatoms. The van der Waals surface area contributed by atoms with Crippen molar-refractivity contribution in [2.45, 2.75) is 32.7 Å². The van der Waals surface area contributed by atoms with Gasteiger partial charge in [-0.15, -0.1) is 0 Å². The van der Waals surface area contributed by atoms with E-state index in [1.807, 2.05) is 13.8 Å². The van der Waals surface area contributed by atoms with Gasteiger partial charge in [-0.25, -0.2) is 9.97 Å². The van der Waals surface area contributed by atoms with Gasteiger partial charge < -0.3 is 4.57 Å². The molecule has 2 heterocycles. The van der Waals surface area contributed by atoms with E-state index >= 15 is 0 Å². The zero-order valence-corrected chi connectivity index (χ0v) is 8.49. The van der Waals surface area contributed by atoms with Crippen molar-refractivity contribution in [1.82, 2.24) is 14.5 Å². The minimum atomic E-state index is 0.684. The van der Waals surface area contributed by atoms with Crippen LogP contribution in [0.3, 0.4) is 0 Å². The summed E-state index contributed by atoms with van der Waals surface area (Å²) >= 11 is 0. The van der Waals surface area contributed by atoms with Gasteiger partial charge >= 0.3 is 0 Å². The fourth-order valence-corrected chi connectivity index (χ4v) is 1.78. The normalized spacial score (nSPS) is 16.4. The number of aryl methyl sites for hydroxylation is 2. The van der Waals surface area contributed by atoms with Crippen LogP contribution in [0.25, 0.3) is 11.2 Å². The third-order valence-electron chi connectivity index (χ3n) is 2.89. The molecule has 0 bridgehead atoms. The highest BCUT2D eigenvalue weighted by Crippen LogP contribution is 2.36. The molecule has 0 saturated heterocycles. The number of nitrogens with zero attached hydrogens (tertiary/aromatic N) is 3. The van der Waals surface area contributed by atoms with E-state index in [2.05, 4.69) is 26.8 Å². The second kappa shape index (κ2) is 2.56. The SMILES string of the molecule is Cc1nc2ccn(C3CC3)c2nc1C. The zero-order valence-electron chi connectivity index (χ0n) is 8.49. The summed E-state index contributed by atoms with van der Waals surface area (Å²) in [5.41, 5.74) is 4.15. The van der Waals surface area contributed by atoms with Crippen molar-refractivity contribution < 1.29 is 0 Å². The van der Waals surface area contributed by atoms with Crippen molar-refractivity contribution >= 4 is 11.2 Å². The summed E-state index contributed by atoms with van der Waals surface area (Å²) in [5.74, 6) is 0. The molecule has 0 N–H and O–H groups in total. The lowest BCUT2D eigenvalue weighted by atomic mass is 10.3. The van der Waals surface area contributed by atoms with E-state index in [0.717, 1.165) is 22.6 Å². The van der Waals surface area contributed by atoms with Gasteiger partial charge in [0.05, 0.1) is 11.4 Å². The van der Waals surface area contributed by atoms with E-state index in [-0.39, 0.29) is 0 Å². The Hall–Kier alpha value is -1.38. The van der Waals surface area contributed by atoms with Crippen LogP contribution in [0.4, 0.5) is 0 Å². The molecule has 1 aliphatic rings. The summed E-state index contributed by atoms with van der Waals surface area (Å²) in [4.78, 5) is 9.12. The van der Waals surface area contributed by atoms with Crippen LogP contribution in [0.5, 0.6) is 0 Å². The molecule has 2 aromatic heterocycles. The highest BCUT2D eigenvalue weighted by molar-refractivity contribution is 5.72. The standard InChI is InChI=1S/C11H13N3/c1-7-8(2)13-11-10(12-7)5-6-14(11)9-3-4-9/h5-6,9H,3-4H2,1-2H3. The van der Waals surface area contributed by atoms with Crippen LogP contribution in [-0.4, -0.2) is 14.5 Å². The molecule has 0 unspecified atom stereocenters. The first-order valence-electron chi connectivity index (χ1n) is 5.07. The highest BCUT2D eigenvalue weighted by Gasteiger charge is 2.25. The van der Waals surface area contributed by atoms with E-state index in [9.17, 15) is 0 Å². The smallest absolute Gasteiger partial charge is 0.159 e. The minimum Gasteiger partial charge on any atom is -0.328 e. The van der Waals surface area contributed by atoms with Crippen LogP contribution in [-0.2, 0) is 0 Å².